The third kappa shape index (κ3) is 5.51. The minimum Gasteiger partial charge on any atom is -0.482 e. The van der Waals surface area contributed by atoms with Gasteiger partial charge in [0.2, 0.25) is 17.4 Å². The van der Waals surface area contributed by atoms with E-state index in [0.717, 1.165) is 17.9 Å². The molecule has 1 aromatic heterocycles. The molecule has 10 nitrogen and oxygen atoms in total. The summed E-state index contributed by atoms with van der Waals surface area (Å²) in [5.74, 6) is -3.02. The number of nitrogens with one attached hydrogen (secondary N) is 2. The molecule has 208 valence electrons. The number of ether oxygens (including phenoxy) is 3. The Balaban J connectivity index is 1.52. The third-order valence-corrected chi connectivity index (χ3v) is 6.63. The lowest BCUT2D eigenvalue weighted by Crippen LogP contribution is -2.28. The average Bonchev–Trinajstić information content (AvgIpc) is 3.59. The molecule has 1 fully saturated rings. The Labute approximate surface area is 230 Å². The second-order valence-corrected chi connectivity index (χ2v) is 9.51. The first kappa shape index (κ1) is 26.9. The normalized spacial score (nSPS) is 16.6. The first-order chi connectivity index (χ1) is 19.2. The van der Waals surface area contributed by atoms with Crippen molar-refractivity contribution in [2.75, 3.05) is 33.2 Å². The maximum Gasteiger partial charge on any atom is 0.263 e. The van der Waals surface area contributed by atoms with E-state index in [1.54, 1.807) is 42.2 Å². The fourth-order valence-corrected chi connectivity index (χ4v) is 4.55. The molecule has 1 atom stereocenters. The fraction of sp³-hybridized carbons (Fsp3) is 0.286. The van der Waals surface area contributed by atoms with E-state index in [1.165, 1.54) is 12.1 Å². The number of likely N-dealkylation sites (N-methyl/N-ethyl adjacent to an activating group) is 1. The van der Waals surface area contributed by atoms with Crippen molar-refractivity contribution in [1.29, 1.82) is 10.8 Å². The molecule has 2 aliphatic heterocycles. The zero-order valence-electron chi connectivity index (χ0n) is 22.1. The predicted molar refractivity (Wildman–Crippen MR) is 146 cm³/mol. The molecule has 2 aliphatic rings. The van der Waals surface area contributed by atoms with Crippen LogP contribution in [0.3, 0.4) is 0 Å². The number of amidine groups is 3. The van der Waals surface area contributed by atoms with E-state index in [1.807, 2.05) is 18.0 Å². The first-order valence-electron chi connectivity index (χ1n) is 12.7. The van der Waals surface area contributed by atoms with Crippen molar-refractivity contribution in [3.63, 3.8) is 0 Å². The molecule has 0 amide bonds. The molecule has 0 saturated carbocycles. The molecule has 12 heteroatoms. The van der Waals surface area contributed by atoms with Crippen LogP contribution in [0.25, 0.3) is 0 Å². The fourth-order valence-electron chi connectivity index (χ4n) is 4.55. The minimum atomic E-state index is -1.16. The number of hydrogen-bond donors (Lipinski definition) is 3. The van der Waals surface area contributed by atoms with Gasteiger partial charge in [-0.3, -0.25) is 15.8 Å². The van der Waals surface area contributed by atoms with Gasteiger partial charge in [0.15, 0.2) is 0 Å². The number of halogens is 2. The summed E-state index contributed by atoms with van der Waals surface area (Å²) in [7, 11) is 1.93. The van der Waals surface area contributed by atoms with Crippen LogP contribution in [0, 0.1) is 22.5 Å². The topological polar surface area (TPSA) is 133 Å². The molecule has 1 saturated heterocycles. The SMILES string of the molecule is CC(=N)N1CCC(Oc2c(F)c(Oc3cccc(C4=NCCN4C)c3)nc(Oc3ccccc3C(=N)N)c2F)C1. The zero-order chi connectivity index (χ0) is 28.4. The molecule has 0 bridgehead atoms. The number of benzene rings is 2. The van der Waals surface area contributed by atoms with Crippen LogP contribution < -0.4 is 19.9 Å². The molecular weight excluding hydrogens is 520 g/mol. The predicted octanol–water partition coefficient (Wildman–Crippen LogP) is 4.37. The van der Waals surface area contributed by atoms with Crippen molar-refractivity contribution in [1.82, 2.24) is 14.8 Å². The number of nitrogens with two attached hydrogens (primary N) is 1. The van der Waals surface area contributed by atoms with Crippen LogP contribution in [0.5, 0.6) is 29.0 Å². The van der Waals surface area contributed by atoms with E-state index in [-0.39, 0.29) is 22.9 Å². The summed E-state index contributed by atoms with van der Waals surface area (Å²) in [6, 6.07) is 13.2. The molecule has 4 N–H and O–H groups in total. The van der Waals surface area contributed by atoms with E-state index >= 15 is 8.78 Å². The number of aliphatic imine (C=N–C) groups is 1. The lowest BCUT2D eigenvalue weighted by molar-refractivity contribution is 0.189. The molecule has 0 aliphatic carbocycles. The van der Waals surface area contributed by atoms with Crippen molar-refractivity contribution >= 4 is 17.5 Å². The highest BCUT2D eigenvalue weighted by atomic mass is 19.1. The van der Waals surface area contributed by atoms with Gasteiger partial charge in [0.05, 0.1) is 24.5 Å². The van der Waals surface area contributed by atoms with Crippen molar-refractivity contribution < 1.29 is 23.0 Å². The summed E-state index contributed by atoms with van der Waals surface area (Å²) < 4.78 is 48.8. The summed E-state index contributed by atoms with van der Waals surface area (Å²) in [6.45, 7) is 3.92. The van der Waals surface area contributed by atoms with Gasteiger partial charge >= 0.3 is 0 Å². The average molecular weight is 550 g/mol. The summed E-state index contributed by atoms with van der Waals surface area (Å²) in [5, 5.41) is 15.7. The largest absolute Gasteiger partial charge is 0.482 e. The Morgan fingerprint density at radius 1 is 1.02 bits per heavy atom. The van der Waals surface area contributed by atoms with Crippen LogP contribution >= 0.6 is 0 Å². The zero-order valence-corrected chi connectivity index (χ0v) is 22.1. The second kappa shape index (κ2) is 11.2. The highest BCUT2D eigenvalue weighted by Gasteiger charge is 2.31. The van der Waals surface area contributed by atoms with E-state index < -0.39 is 35.2 Å². The Morgan fingerprint density at radius 3 is 2.45 bits per heavy atom. The second-order valence-electron chi connectivity index (χ2n) is 9.51. The highest BCUT2D eigenvalue weighted by molar-refractivity contribution is 6.00. The van der Waals surface area contributed by atoms with E-state index in [0.29, 0.717) is 31.9 Å². The summed E-state index contributed by atoms with van der Waals surface area (Å²) >= 11 is 0. The van der Waals surface area contributed by atoms with Gasteiger partial charge in [-0.2, -0.15) is 13.8 Å². The Hall–Kier alpha value is -4.74. The Bertz CT molecular complexity index is 1500. The van der Waals surface area contributed by atoms with Crippen molar-refractivity contribution in [3.05, 3.63) is 71.3 Å². The van der Waals surface area contributed by atoms with Gasteiger partial charge in [-0.25, -0.2) is 0 Å². The summed E-state index contributed by atoms with van der Waals surface area (Å²) in [5.41, 5.74) is 6.64. The number of aromatic nitrogens is 1. The summed E-state index contributed by atoms with van der Waals surface area (Å²) in [6.07, 6.45) is -0.106. The molecule has 3 heterocycles. The smallest absolute Gasteiger partial charge is 0.263 e. The maximum atomic E-state index is 15.8. The van der Waals surface area contributed by atoms with E-state index in [2.05, 4.69) is 9.98 Å². The molecule has 2 aromatic carbocycles. The third-order valence-electron chi connectivity index (χ3n) is 6.63. The Morgan fingerprint density at radius 2 is 1.77 bits per heavy atom. The summed E-state index contributed by atoms with van der Waals surface area (Å²) in [4.78, 5) is 12.3. The van der Waals surface area contributed by atoms with Gasteiger partial charge in [-0.1, -0.05) is 24.3 Å². The van der Waals surface area contributed by atoms with Crippen LogP contribution in [-0.2, 0) is 0 Å². The maximum absolute atomic E-state index is 15.8. The van der Waals surface area contributed by atoms with Gasteiger partial charge in [0, 0.05) is 32.1 Å². The number of hydrogen-bond acceptors (Lipinski definition) is 8. The van der Waals surface area contributed by atoms with E-state index in [4.69, 9.17) is 30.8 Å². The highest BCUT2D eigenvalue weighted by Crippen LogP contribution is 2.39. The monoisotopic (exact) mass is 549 g/mol. The van der Waals surface area contributed by atoms with Crippen LogP contribution in [0.4, 0.5) is 8.78 Å². The molecule has 5 rings (SSSR count). The molecule has 1 unspecified atom stereocenters. The van der Waals surface area contributed by atoms with Gasteiger partial charge in [0.25, 0.3) is 11.8 Å². The number of nitrogens with zero attached hydrogens (tertiary/aromatic N) is 4. The van der Waals surface area contributed by atoms with Crippen molar-refractivity contribution in [2.45, 2.75) is 19.4 Å². The minimum absolute atomic E-state index is 0.0562. The van der Waals surface area contributed by atoms with E-state index in [9.17, 15) is 0 Å². The number of nitrogen functional groups attached to an aromatic ring is 1. The lowest BCUT2D eigenvalue weighted by atomic mass is 10.2. The molecule has 3 aromatic rings. The van der Waals surface area contributed by atoms with Gasteiger partial charge in [-0.05, 0) is 31.2 Å². The van der Waals surface area contributed by atoms with Crippen LogP contribution in [0.2, 0.25) is 0 Å². The van der Waals surface area contributed by atoms with Crippen LogP contribution in [0.1, 0.15) is 24.5 Å². The quantitative estimate of drug-likeness (QED) is 0.281. The van der Waals surface area contributed by atoms with Crippen LogP contribution in [-0.4, -0.2) is 71.6 Å². The lowest BCUT2D eigenvalue weighted by Gasteiger charge is -2.19. The van der Waals surface area contributed by atoms with Gasteiger partial charge in [0.1, 0.15) is 29.3 Å². The number of rotatable bonds is 8. The number of pyridine rings is 1. The molecular formula is C28H29F2N7O3. The van der Waals surface area contributed by atoms with Crippen LogP contribution in [0.15, 0.2) is 53.5 Å². The number of para-hydroxylation sites is 1. The van der Waals surface area contributed by atoms with Gasteiger partial charge in [-0.15, -0.1) is 0 Å². The van der Waals surface area contributed by atoms with Crippen molar-refractivity contribution in [3.8, 4) is 29.0 Å². The number of likely N-dealkylation sites (tertiary alicyclic amines) is 1. The molecule has 40 heavy (non-hydrogen) atoms. The first-order valence-corrected chi connectivity index (χ1v) is 12.7. The Kier molecular flexibility index (Phi) is 7.50. The van der Waals surface area contributed by atoms with Gasteiger partial charge < -0.3 is 29.7 Å². The molecule has 0 radical (unpaired) electrons. The van der Waals surface area contributed by atoms with Crippen molar-refractivity contribution in [2.24, 2.45) is 10.7 Å². The standard InChI is InChI=1S/C28H29F2N7O3/c1-16(31)37-12-10-19(15-37)38-24-22(29)27(39-18-7-5-6-17(14-18)26-34-11-13-36(26)2)35-28(23(24)30)40-21-9-4-3-8-20(21)25(32)33/h3-9,14,19,31H,10-13,15H2,1-2H3,(H3,32,33). The molecule has 0 spiro atoms.